The maximum atomic E-state index is 6.82. The Labute approximate surface area is 292 Å². The highest BCUT2D eigenvalue weighted by Gasteiger charge is 2.22. The molecule has 3 heteroatoms. The molecule has 0 saturated heterocycles. The first-order chi connectivity index (χ1) is 25.3. The largest absolute Gasteiger partial charge is 0.454 e. The summed E-state index contributed by atoms with van der Waals surface area (Å²) in [5, 5.41) is 12.3. The van der Waals surface area contributed by atoms with Crippen molar-refractivity contribution in [1.29, 1.82) is 0 Å². The number of fused-ring (bicyclic) bond motifs is 9. The third-order valence-electron chi connectivity index (χ3n) is 11.1. The van der Waals surface area contributed by atoms with Crippen LogP contribution < -0.4 is 0 Å². The number of hydrogen-bond donors (Lipinski definition) is 0. The normalized spacial score (nSPS) is 12.3. The van der Waals surface area contributed by atoms with E-state index in [1.807, 2.05) is 0 Å². The number of furan rings is 1. The van der Waals surface area contributed by atoms with E-state index >= 15 is 0 Å². The summed E-state index contributed by atoms with van der Waals surface area (Å²) in [4.78, 5) is 0. The molecule has 0 bridgehead atoms. The molecule has 3 aromatic heterocycles. The van der Waals surface area contributed by atoms with Crippen LogP contribution in [0.1, 0.15) is 0 Å². The van der Waals surface area contributed by atoms with Crippen molar-refractivity contribution in [2.45, 2.75) is 0 Å². The lowest BCUT2D eigenvalue weighted by Gasteiger charge is -2.12. The minimum absolute atomic E-state index is 0.927. The Kier molecular flexibility index (Phi) is 5.23. The molecule has 51 heavy (non-hydrogen) atoms. The Bertz CT molecular complexity index is 3360. The molecular weight excluding hydrogens is 621 g/mol. The topological polar surface area (TPSA) is 23.0 Å². The van der Waals surface area contributed by atoms with Crippen LogP contribution in [-0.2, 0) is 0 Å². The molecule has 0 aliphatic rings. The SMILES string of the molecule is c1ccc(-n2c3ccccc3c3cc(-c4ccc5c(c4)c4ccccc4n5-c4ccc5c6ccccc6c6cccc7oc4c5c76)ccc32)cc1. The lowest BCUT2D eigenvalue weighted by Crippen LogP contribution is -1.95. The van der Waals surface area contributed by atoms with Crippen LogP contribution >= 0.6 is 0 Å². The third kappa shape index (κ3) is 3.57. The average molecular weight is 649 g/mol. The smallest absolute Gasteiger partial charge is 0.160 e. The van der Waals surface area contributed by atoms with Crippen molar-refractivity contribution in [2.75, 3.05) is 0 Å². The maximum Gasteiger partial charge on any atom is 0.160 e. The Morgan fingerprint density at radius 1 is 0.333 bits per heavy atom. The van der Waals surface area contributed by atoms with Gasteiger partial charge < -0.3 is 13.6 Å². The summed E-state index contributed by atoms with van der Waals surface area (Å²) < 4.78 is 11.6. The van der Waals surface area contributed by atoms with Crippen molar-refractivity contribution in [3.63, 3.8) is 0 Å². The van der Waals surface area contributed by atoms with Crippen LogP contribution in [0.5, 0.6) is 0 Å². The molecule has 0 aliphatic heterocycles. The van der Waals surface area contributed by atoms with Crippen molar-refractivity contribution in [3.05, 3.63) is 170 Å². The molecule has 12 aromatic rings. The quantitative estimate of drug-likeness (QED) is 0.175. The zero-order chi connectivity index (χ0) is 33.2. The van der Waals surface area contributed by atoms with Crippen molar-refractivity contribution in [1.82, 2.24) is 9.13 Å². The van der Waals surface area contributed by atoms with Gasteiger partial charge in [-0.05, 0) is 93.3 Å². The Morgan fingerprint density at radius 2 is 0.863 bits per heavy atom. The second kappa shape index (κ2) is 9.87. The van der Waals surface area contributed by atoms with E-state index in [4.69, 9.17) is 4.42 Å². The summed E-state index contributed by atoms with van der Waals surface area (Å²) in [7, 11) is 0. The number of aromatic nitrogens is 2. The van der Waals surface area contributed by atoms with E-state index in [9.17, 15) is 0 Å². The molecule has 3 heterocycles. The molecule has 0 atom stereocenters. The summed E-state index contributed by atoms with van der Waals surface area (Å²) in [6.07, 6.45) is 0. The van der Waals surface area contributed by atoms with Crippen molar-refractivity contribution >= 4 is 87.1 Å². The molecule has 0 amide bonds. The van der Waals surface area contributed by atoms with Gasteiger partial charge in [0.2, 0.25) is 0 Å². The fourth-order valence-corrected chi connectivity index (χ4v) is 8.90. The molecule has 0 N–H and O–H groups in total. The molecule has 0 spiro atoms. The Morgan fingerprint density at radius 3 is 1.55 bits per heavy atom. The van der Waals surface area contributed by atoms with Crippen LogP contribution in [0.4, 0.5) is 0 Å². The van der Waals surface area contributed by atoms with Crippen LogP contribution in [0, 0.1) is 0 Å². The van der Waals surface area contributed by atoms with E-state index in [1.54, 1.807) is 0 Å². The number of hydrogen-bond acceptors (Lipinski definition) is 1. The van der Waals surface area contributed by atoms with E-state index in [2.05, 4.69) is 179 Å². The highest BCUT2D eigenvalue weighted by molar-refractivity contribution is 6.34. The van der Waals surface area contributed by atoms with Gasteiger partial charge in [0.1, 0.15) is 5.58 Å². The van der Waals surface area contributed by atoms with E-state index < -0.39 is 0 Å². The molecule has 3 nitrogen and oxygen atoms in total. The van der Waals surface area contributed by atoms with Gasteiger partial charge in [-0.3, -0.25) is 0 Å². The molecule has 0 aliphatic carbocycles. The van der Waals surface area contributed by atoms with Gasteiger partial charge in [-0.2, -0.15) is 0 Å². The van der Waals surface area contributed by atoms with Gasteiger partial charge >= 0.3 is 0 Å². The van der Waals surface area contributed by atoms with Gasteiger partial charge in [0.15, 0.2) is 5.58 Å². The zero-order valence-electron chi connectivity index (χ0n) is 27.5. The number of rotatable bonds is 3. The van der Waals surface area contributed by atoms with Gasteiger partial charge in [-0.1, -0.05) is 109 Å². The summed E-state index contributed by atoms with van der Waals surface area (Å²) in [6, 6.07) is 61.7. The van der Waals surface area contributed by atoms with Crippen LogP contribution in [0.2, 0.25) is 0 Å². The fraction of sp³-hybridized carbons (Fsp3) is 0. The van der Waals surface area contributed by atoms with Crippen molar-refractivity contribution < 1.29 is 4.42 Å². The molecule has 0 radical (unpaired) electrons. The molecule has 9 aromatic carbocycles. The third-order valence-corrected chi connectivity index (χ3v) is 11.1. The van der Waals surface area contributed by atoms with Gasteiger partial charge in [-0.25, -0.2) is 0 Å². The van der Waals surface area contributed by atoms with Gasteiger partial charge in [0.25, 0.3) is 0 Å². The summed E-state index contributed by atoms with van der Waals surface area (Å²) in [5.74, 6) is 0. The second-order valence-electron chi connectivity index (χ2n) is 13.7. The fourth-order valence-electron chi connectivity index (χ4n) is 8.90. The summed E-state index contributed by atoms with van der Waals surface area (Å²) >= 11 is 0. The average Bonchev–Trinajstić information content (AvgIpc) is 3.86. The zero-order valence-corrected chi connectivity index (χ0v) is 27.5. The first-order valence-corrected chi connectivity index (χ1v) is 17.5. The molecular formula is C48H28N2O. The molecule has 0 fully saturated rings. The highest BCUT2D eigenvalue weighted by atomic mass is 16.3. The Balaban J connectivity index is 1.10. The monoisotopic (exact) mass is 648 g/mol. The number of nitrogens with zero attached hydrogens (tertiary/aromatic N) is 2. The van der Waals surface area contributed by atoms with Crippen molar-refractivity contribution in [2.24, 2.45) is 0 Å². The first-order valence-electron chi connectivity index (χ1n) is 17.5. The molecule has 0 unspecified atom stereocenters. The summed E-state index contributed by atoms with van der Waals surface area (Å²) in [6.45, 7) is 0. The number of benzene rings is 9. The summed E-state index contributed by atoms with van der Waals surface area (Å²) in [5.41, 5.74) is 11.2. The molecule has 236 valence electrons. The predicted octanol–water partition coefficient (Wildman–Crippen LogP) is 13.2. The van der Waals surface area contributed by atoms with E-state index in [1.165, 1.54) is 87.2 Å². The van der Waals surface area contributed by atoms with E-state index in [-0.39, 0.29) is 0 Å². The standard InChI is InChI=1S/C48H28N2O/c1-2-11-31(12-3-1)49-40-18-8-6-15-34(40)38-27-29(21-24-42(38)49)30-22-25-43-39(28-30)35-16-7-9-19-41(35)50(43)44-26-23-37-33-14-5-4-13-32(33)36-17-10-20-45-46(36)47(37)48(44)51-45/h1-28H. The minimum atomic E-state index is 0.927. The lowest BCUT2D eigenvalue weighted by atomic mass is 9.94. The van der Waals surface area contributed by atoms with E-state index in [0.717, 1.165) is 22.4 Å². The number of para-hydroxylation sites is 3. The van der Waals surface area contributed by atoms with Crippen LogP contribution in [0.15, 0.2) is 174 Å². The maximum absolute atomic E-state index is 6.82. The lowest BCUT2D eigenvalue weighted by molar-refractivity contribution is 0.667. The Hall–Kier alpha value is -6.84. The second-order valence-corrected chi connectivity index (χ2v) is 13.7. The van der Waals surface area contributed by atoms with Crippen LogP contribution in [-0.4, -0.2) is 9.13 Å². The first kappa shape index (κ1) is 27.0. The molecule has 12 rings (SSSR count). The minimum Gasteiger partial charge on any atom is -0.454 e. The van der Waals surface area contributed by atoms with Crippen LogP contribution in [0.3, 0.4) is 0 Å². The van der Waals surface area contributed by atoms with Crippen LogP contribution in [0.25, 0.3) is 110 Å². The van der Waals surface area contributed by atoms with Gasteiger partial charge in [0, 0.05) is 38.0 Å². The van der Waals surface area contributed by atoms with Crippen molar-refractivity contribution in [3.8, 4) is 22.5 Å². The van der Waals surface area contributed by atoms with Gasteiger partial charge in [-0.15, -0.1) is 0 Å². The highest BCUT2D eigenvalue weighted by Crippen LogP contribution is 2.46. The predicted molar refractivity (Wildman–Crippen MR) is 214 cm³/mol. The van der Waals surface area contributed by atoms with Gasteiger partial charge in [0.05, 0.1) is 27.8 Å². The molecule has 0 saturated carbocycles. The van der Waals surface area contributed by atoms with E-state index in [0.29, 0.717) is 0 Å².